The first-order valence-corrected chi connectivity index (χ1v) is 10.7. The van der Waals surface area contributed by atoms with Crippen LogP contribution in [0.1, 0.15) is 49.2 Å². The third-order valence-corrected chi connectivity index (χ3v) is 5.05. The summed E-state index contributed by atoms with van der Waals surface area (Å²) in [5.41, 5.74) is 2.65. The van der Waals surface area contributed by atoms with E-state index < -0.39 is 4.92 Å². The molecule has 3 aromatic rings. The second-order valence-electron chi connectivity index (χ2n) is 8.58. The highest BCUT2D eigenvalue weighted by Gasteiger charge is 2.15. The predicted molar refractivity (Wildman–Crippen MR) is 128 cm³/mol. The van der Waals surface area contributed by atoms with Crippen molar-refractivity contribution in [2.45, 2.75) is 39.7 Å². The lowest BCUT2D eigenvalue weighted by Gasteiger charge is -2.19. The molecule has 0 atom stereocenters. The average Bonchev–Trinajstić information content (AvgIpc) is 2.78. The highest BCUT2D eigenvalue weighted by Crippen LogP contribution is 2.27. The van der Waals surface area contributed by atoms with E-state index >= 15 is 0 Å². The summed E-state index contributed by atoms with van der Waals surface area (Å²) in [7, 11) is 0. The van der Waals surface area contributed by atoms with Crippen molar-refractivity contribution in [3.05, 3.63) is 93.5 Å². The fourth-order valence-corrected chi connectivity index (χ4v) is 3.24. The molecule has 3 aromatic carbocycles. The van der Waals surface area contributed by atoms with Crippen LogP contribution >= 0.6 is 0 Å². The third-order valence-electron chi connectivity index (χ3n) is 5.05. The van der Waals surface area contributed by atoms with Gasteiger partial charge in [0.1, 0.15) is 18.1 Å². The van der Waals surface area contributed by atoms with Crippen molar-refractivity contribution in [3.8, 4) is 11.5 Å². The van der Waals surface area contributed by atoms with Crippen molar-refractivity contribution in [3.63, 3.8) is 0 Å². The number of hydrogen-bond donors (Lipinski definition) is 1. The second-order valence-corrected chi connectivity index (χ2v) is 8.58. The first kappa shape index (κ1) is 23.8. The molecule has 0 saturated heterocycles. The normalized spacial score (nSPS) is 11.0. The van der Waals surface area contributed by atoms with E-state index in [1.165, 1.54) is 23.8 Å². The summed E-state index contributed by atoms with van der Waals surface area (Å²) >= 11 is 0. The Bertz CT molecular complexity index is 1130. The van der Waals surface area contributed by atoms with Crippen LogP contribution in [0.5, 0.6) is 11.5 Å². The summed E-state index contributed by atoms with van der Waals surface area (Å²) in [4.78, 5) is 23.2. The predicted octanol–water partition coefficient (Wildman–Crippen LogP) is 6.12. The molecule has 0 spiro atoms. The number of non-ortho nitro benzene ring substituents is 1. The van der Waals surface area contributed by atoms with Crippen LogP contribution < -0.4 is 14.8 Å². The number of amides is 1. The molecule has 0 aliphatic carbocycles. The number of rotatable bonds is 8. The molecule has 0 radical (unpaired) electrons. The smallest absolute Gasteiger partial charge is 0.271 e. The van der Waals surface area contributed by atoms with Gasteiger partial charge in [-0.3, -0.25) is 14.9 Å². The summed E-state index contributed by atoms with van der Waals surface area (Å²) in [6.07, 6.45) is 0. The number of benzene rings is 3. The van der Waals surface area contributed by atoms with E-state index in [0.717, 1.165) is 11.3 Å². The maximum atomic E-state index is 12.8. The summed E-state index contributed by atoms with van der Waals surface area (Å²) < 4.78 is 11.7. The van der Waals surface area contributed by atoms with E-state index in [4.69, 9.17) is 9.47 Å². The van der Waals surface area contributed by atoms with Gasteiger partial charge in [0.05, 0.1) is 11.5 Å². The van der Waals surface area contributed by atoms with Gasteiger partial charge in [-0.25, -0.2) is 0 Å². The third kappa shape index (κ3) is 6.32. The van der Waals surface area contributed by atoms with E-state index in [-0.39, 0.29) is 23.6 Å². The Balaban J connectivity index is 1.76. The minimum absolute atomic E-state index is 0.0571. The number of nitro benzene ring substituents is 1. The molecule has 0 bridgehead atoms. The highest BCUT2D eigenvalue weighted by molar-refractivity contribution is 6.04. The van der Waals surface area contributed by atoms with Crippen LogP contribution in [0.15, 0.2) is 66.7 Å². The first-order chi connectivity index (χ1) is 15.7. The van der Waals surface area contributed by atoms with E-state index in [0.29, 0.717) is 23.6 Å². The molecule has 0 unspecified atom stereocenters. The van der Waals surface area contributed by atoms with Crippen LogP contribution in [-0.4, -0.2) is 17.4 Å². The van der Waals surface area contributed by atoms with Gasteiger partial charge in [-0.05, 0) is 54.3 Å². The molecule has 0 heterocycles. The molecule has 0 aliphatic heterocycles. The van der Waals surface area contributed by atoms with Crippen LogP contribution in [0.4, 0.5) is 11.4 Å². The van der Waals surface area contributed by atoms with Crippen LogP contribution in [0.3, 0.4) is 0 Å². The van der Waals surface area contributed by atoms with E-state index in [9.17, 15) is 14.9 Å². The van der Waals surface area contributed by atoms with Gasteiger partial charge in [0, 0.05) is 28.9 Å². The monoisotopic (exact) mass is 448 g/mol. The van der Waals surface area contributed by atoms with Crippen LogP contribution in [0, 0.1) is 10.1 Å². The molecule has 1 amide bonds. The van der Waals surface area contributed by atoms with Gasteiger partial charge in [0.25, 0.3) is 11.6 Å². The Morgan fingerprint density at radius 3 is 2.36 bits per heavy atom. The van der Waals surface area contributed by atoms with Gasteiger partial charge in [-0.15, -0.1) is 0 Å². The summed E-state index contributed by atoms with van der Waals surface area (Å²) in [6.45, 7) is 9.05. The van der Waals surface area contributed by atoms with Crippen molar-refractivity contribution in [1.82, 2.24) is 0 Å². The Labute approximate surface area is 193 Å². The van der Waals surface area contributed by atoms with Crippen LogP contribution in [-0.2, 0) is 12.0 Å². The SMILES string of the molecule is CCOc1ccc(C(=O)Nc2cccc([N+](=O)[O-])c2)cc1COc1ccc(C(C)(C)C)cc1. The molecule has 7 heteroatoms. The Morgan fingerprint density at radius 2 is 1.73 bits per heavy atom. The van der Waals surface area contributed by atoms with Crippen LogP contribution in [0.25, 0.3) is 0 Å². The minimum atomic E-state index is -0.504. The molecule has 0 saturated carbocycles. The number of nitrogens with one attached hydrogen (secondary N) is 1. The van der Waals surface area contributed by atoms with E-state index in [1.807, 2.05) is 31.2 Å². The summed E-state index contributed by atoms with van der Waals surface area (Å²) in [5.74, 6) is 0.974. The van der Waals surface area contributed by atoms with Crippen molar-refractivity contribution >= 4 is 17.3 Å². The summed E-state index contributed by atoms with van der Waals surface area (Å²) in [5, 5.41) is 13.7. The number of ether oxygens (including phenoxy) is 2. The number of nitro groups is 1. The fourth-order valence-electron chi connectivity index (χ4n) is 3.24. The van der Waals surface area contributed by atoms with Gasteiger partial charge in [0.15, 0.2) is 0 Å². The molecule has 0 aromatic heterocycles. The lowest BCUT2D eigenvalue weighted by molar-refractivity contribution is -0.384. The first-order valence-electron chi connectivity index (χ1n) is 10.7. The fraction of sp³-hybridized carbons (Fsp3) is 0.269. The number of hydrogen-bond acceptors (Lipinski definition) is 5. The Hall–Kier alpha value is -3.87. The second kappa shape index (κ2) is 10.2. The van der Waals surface area contributed by atoms with Gasteiger partial charge in [-0.2, -0.15) is 0 Å². The van der Waals surface area contributed by atoms with Gasteiger partial charge in [-0.1, -0.05) is 39.0 Å². The standard InChI is InChI=1S/C26H28N2O5/c1-5-32-24-14-9-18(25(29)27-21-7-6-8-22(16-21)28(30)31)15-19(24)17-33-23-12-10-20(11-13-23)26(2,3)4/h6-16H,5,17H2,1-4H3,(H,27,29). The number of anilines is 1. The lowest BCUT2D eigenvalue weighted by atomic mass is 9.87. The molecular weight excluding hydrogens is 420 g/mol. The number of nitrogens with zero attached hydrogens (tertiary/aromatic N) is 1. The quantitative estimate of drug-likeness (QED) is 0.331. The molecule has 7 nitrogen and oxygen atoms in total. The van der Waals surface area contributed by atoms with Crippen LogP contribution in [0.2, 0.25) is 0 Å². The maximum absolute atomic E-state index is 12.8. The van der Waals surface area contributed by atoms with E-state index in [2.05, 4.69) is 26.1 Å². The Kier molecular flexibility index (Phi) is 7.33. The Morgan fingerprint density at radius 1 is 1.00 bits per heavy atom. The molecule has 3 rings (SSSR count). The van der Waals surface area contributed by atoms with Gasteiger partial charge in [0.2, 0.25) is 0 Å². The summed E-state index contributed by atoms with van der Waals surface area (Å²) in [6, 6.07) is 18.9. The lowest BCUT2D eigenvalue weighted by Crippen LogP contribution is -2.13. The molecule has 33 heavy (non-hydrogen) atoms. The minimum Gasteiger partial charge on any atom is -0.493 e. The average molecular weight is 449 g/mol. The molecule has 0 aliphatic rings. The molecular formula is C26H28N2O5. The van der Waals surface area contributed by atoms with E-state index in [1.54, 1.807) is 24.3 Å². The largest absolute Gasteiger partial charge is 0.493 e. The topological polar surface area (TPSA) is 90.7 Å². The molecule has 172 valence electrons. The molecule has 0 fully saturated rings. The number of carbonyl (C=O) groups excluding carboxylic acids is 1. The zero-order valence-electron chi connectivity index (χ0n) is 19.3. The number of carbonyl (C=O) groups is 1. The zero-order valence-corrected chi connectivity index (χ0v) is 19.3. The van der Waals surface area contributed by atoms with Crippen molar-refractivity contribution < 1.29 is 19.2 Å². The maximum Gasteiger partial charge on any atom is 0.271 e. The highest BCUT2D eigenvalue weighted by atomic mass is 16.6. The van der Waals surface area contributed by atoms with Crippen molar-refractivity contribution in [1.29, 1.82) is 0 Å². The zero-order chi connectivity index (χ0) is 24.0. The van der Waals surface area contributed by atoms with Crippen molar-refractivity contribution in [2.24, 2.45) is 0 Å². The van der Waals surface area contributed by atoms with Gasteiger partial charge >= 0.3 is 0 Å². The van der Waals surface area contributed by atoms with Gasteiger partial charge < -0.3 is 14.8 Å². The van der Waals surface area contributed by atoms with Crippen molar-refractivity contribution in [2.75, 3.05) is 11.9 Å². The molecule has 1 N–H and O–H groups in total.